The van der Waals surface area contributed by atoms with Crippen molar-refractivity contribution in [1.29, 1.82) is 0 Å². The Kier molecular flexibility index (Phi) is 54.9. The number of hydrogen-bond acceptors (Lipinski definition) is 0. The third-order valence-corrected chi connectivity index (χ3v) is 32.9. The summed E-state index contributed by atoms with van der Waals surface area (Å²) in [7, 11) is 0. The first-order valence-electron chi connectivity index (χ1n) is 53.0. The summed E-state index contributed by atoms with van der Waals surface area (Å²) in [4.78, 5) is 0. The molecule has 0 aliphatic heterocycles. The van der Waals surface area contributed by atoms with Crippen molar-refractivity contribution in [2.24, 2.45) is 158 Å². The second kappa shape index (κ2) is 58.0. The Hall–Kier alpha value is 0. The van der Waals surface area contributed by atoms with Gasteiger partial charge in [0.15, 0.2) is 0 Å². The quantitative estimate of drug-likeness (QED) is 0.144. The highest BCUT2D eigenvalue weighted by molar-refractivity contribution is 5.05. The zero-order valence-electron chi connectivity index (χ0n) is 81.0. The Bertz CT molecular complexity index is 1830. The molecule has 0 N–H and O–H groups in total. The maximum atomic E-state index is 2.45. The summed E-state index contributed by atoms with van der Waals surface area (Å²) in [5.41, 5.74) is 2.62. The largest absolute Gasteiger partial charge is 0.0683 e. The predicted molar refractivity (Wildman–Crippen MR) is 497 cm³/mol. The van der Waals surface area contributed by atoms with Crippen LogP contribution in [0.1, 0.15) is 540 Å². The van der Waals surface area contributed by atoms with E-state index in [1.54, 1.807) is 283 Å². The van der Waals surface area contributed by atoms with Crippen LogP contribution in [0.3, 0.4) is 0 Å². The van der Waals surface area contributed by atoms with Gasteiger partial charge in [0.05, 0.1) is 0 Å². The van der Waals surface area contributed by atoms with Crippen molar-refractivity contribution in [2.45, 2.75) is 540 Å². The predicted octanol–water partition coefficient (Wildman–Crippen LogP) is 38.1. The maximum Gasteiger partial charge on any atom is -0.0287 e. The molecule has 0 aromatic carbocycles. The minimum absolute atomic E-state index is 0.874. The van der Waals surface area contributed by atoms with Crippen LogP contribution in [0.5, 0.6) is 0 Å². The van der Waals surface area contributed by atoms with Gasteiger partial charge in [-0.2, -0.15) is 0 Å². The van der Waals surface area contributed by atoms with E-state index in [1.807, 2.05) is 125 Å². The molecule has 109 heavy (non-hydrogen) atoms. The number of rotatable bonds is 16. The van der Waals surface area contributed by atoms with Gasteiger partial charge in [-0.1, -0.05) is 411 Å². The van der Waals surface area contributed by atoms with Gasteiger partial charge in [-0.3, -0.25) is 0 Å². The van der Waals surface area contributed by atoms with Crippen molar-refractivity contribution in [2.75, 3.05) is 0 Å². The molecule has 650 valence electrons. The van der Waals surface area contributed by atoms with Crippen molar-refractivity contribution in [3.8, 4) is 0 Å². The molecule has 0 heteroatoms. The lowest BCUT2D eigenvalue weighted by Crippen LogP contribution is -2.48. The average Bonchev–Trinajstić information content (AvgIpc) is 0.756. The van der Waals surface area contributed by atoms with Gasteiger partial charge in [0.2, 0.25) is 0 Å². The van der Waals surface area contributed by atoms with E-state index in [0.29, 0.717) is 0 Å². The molecule has 0 nitrogen and oxygen atoms in total. The molecule has 3 spiro atoms. The second-order valence-electron chi connectivity index (χ2n) is 41.9. The molecule has 0 bridgehead atoms. The van der Waals surface area contributed by atoms with Crippen molar-refractivity contribution < 1.29 is 0 Å². The lowest BCUT2D eigenvalue weighted by molar-refractivity contribution is -0.0838. The smallest absolute Gasteiger partial charge is 0.0287 e. The van der Waals surface area contributed by atoms with Gasteiger partial charge in [-0.15, -0.1) is 0 Å². The highest BCUT2D eigenvalue weighted by Crippen LogP contribution is 2.66. The van der Waals surface area contributed by atoms with Crippen LogP contribution >= 0.6 is 0 Å². The highest BCUT2D eigenvalue weighted by atomic mass is 14.6. The molecule has 0 aromatic heterocycles. The van der Waals surface area contributed by atoms with Gasteiger partial charge in [-0.05, 0) is 287 Å². The lowest BCUT2D eigenvalue weighted by atomic mass is 9.46. The summed E-state index contributed by atoms with van der Waals surface area (Å²) in [6.07, 6.45) is 87.6. The Balaban J connectivity index is 0.000000352. The third-order valence-electron chi connectivity index (χ3n) is 32.9. The molecule has 0 aromatic rings. The summed E-state index contributed by atoms with van der Waals surface area (Å²) >= 11 is 0. The lowest BCUT2D eigenvalue weighted by Gasteiger charge is -2.59. The van der Waals surface area contributed by atoms with Crippen molar-refractivity contribution >= 4 is 0 Å². The third kappa shape index (κ3) is 36.6. The summed E-state index contributed by atoms with van der Waals surface area (Å²) in [6, 6.07) is 0. The minimum Gasteiger partial charge on any atom is -0.0683 e. The highest BCUT2D eigenvalue weighted by Gasteiger charge is 2.54. The number of hydrogen-bond donors (Lipinski definition) is 0. The van der Waals surface area contributed by atoms with Crippen LogP contribution in [0.25, 0.3) is 0 Å². The van der Waals surface area contributed by atoms with Crippen LogP contribution in [-0.4, -0.2) is 0 Å². The summed E-state index contributed by atoms with van der Waals surface area (Å²) in [5, 5.41) is 0. The fourth-order valence-corrected chi connectivity index (χ4v) is 27.4. The van der Waals surface area contributed by atoms with E-state index < -0.39 is 0 Å². The molecule has 15 fully saturated rings. The van der Waals surface area contributed by atoms with Gasteiger partial charge >= 0.3 is 0 Å². The molecular weight excluding hydrogens is 1310 g/mol. The molecule has 0 unspecified atom stereocenters. The Morgan fingerprint density at radius 2 is 0.211 bits per heavy atom. The van der Waals surface area contributed by atoms with E-state index in [2.05, 4.69) is 55.4 Å². The van der Waals surface area contributed by atoms with Crippen molar-refractivity contribution in [3.05, 3.63) is 0 Å². The Morgan fingerprint density at radius 1 is 0.119 bits per heavy atom. The summed E-state index contributed by atoms with van der Waals surface area (Å²) < 4.78 is 0. The van der Waals surface area contributed by atoms with E-state index in [4.69, 9.17) is 0 Å². The van der Waals surface area contributed by atoms with E-state index >= 15 is 0 Å². The van der Waals surface area contributed by atoms with Crippen LogP contribution in [-0.2, 0) is 0 Å². The Labute approximate surface area is 693 Å². The van der Waals surface area contributed by atoms with Crippen LogP contribution in [0.4, 0.5) is 0 Å². The summed E-state index contributed by atoms with van der Waals surface area (Å²) in [6.45, 7) is 55.6. The van der Waals surface area contributed by atoms with Gasteiger partial charge in [0.25, 0.3) is 0 Å². The van der Waals surface area contributed by atoms with Crippen LogP contribution in [0, 0.1) is 158 Å². The SMILES string of the molecule is CC.CC.CC.CC.CC.CC.CC.CC.CC.CC1CCC(CC2CC3(C2)CC(CC2CCC(C)CC2)C3)CC1.CC1CCC(CC2CCC(CC3CC4(CC(C)C4)C3)CC2)CC1.CC1CCC(CC2CCC(CC3CC4(CC(C)C4)C3)CC2)CC1.CC1CCC(CC2CCC(CC3CCC(C)CC3)CC2)CC1. The molecule has 15 aliphatic rings. The van der Waals surface area contributed by atoms with Gasteiger partial charge in [-0.25, -0.2) is 0 Å². The van der Waals surface area contributed by atoms with Crippen molar-refractivity contribution in [1.82, 2.24) is 0 Å². The maximum absolute atomic E-state index is 2.45. The van der Waals surface area contributed by atoms with E-state index in [0.717, 1.165) is 158 Å². The van der Waals surface area contributed by atoms with Gasteiger partial charge in [0, 0.05) is 0 Å². The first-order valence-corrected chi connectivity index (χ1v) is 53.0. The van der Waals surface area contributed by atoms with E-state index in [1.165, 1.54) is 77.0 Å². The molecule has 15 saturated carbocycles. The van der Waals surface area contributed by atoms with Gasteiger partial charge < -0.3 is 0 Å². The molecule has 0 saturated heterocycles. The summed E-state index contributed by atoms with van der Waals surface area (Å²) in [5.74, 6) is 26.0. The topological polar surface area (TPSA) is 0 Å². The average molecular weight is 1520 g/mol. The van der Waals surface area contributed by atoms with E-state index in [9.17, 15) is 0 Å². The molecule has 0 atom stereocenters. The van der Waals surface area contributed by atoms with E-state index in [-0.39, 0.29) is 0 Å². The fraction of sp³-hybridized carbons (Fsp3) is 1.00. The zero-order valence-corrected chi connectivity index (χ0v) is 81.0. The monoisotopic (exact) mass is 1520 g/mol. The Morgan fingerprint density at radius 3 is 0.321 bits per heavy atom. The molecule has 15 rings (SSSR count). The molecule has 15 aliphatic carbocycles. The fourth-order valence-electron chi connectivity index (χ4n) is 27.4. The zero-order chi connectivity index (χ0) is 81.0. The first-order chi connectivity index (χ1) is 53.0. The standard InChI is InChI=1S/3C23H40.C22H40.9C2H6/c1-17-3-7-19(8-4-17)11-21-13-23(14-21)15-22(16-23)12-20-9-5-18(2)6-10-20;2*1-17-3-5-19(6-4-17)11-20-7-9-21(10-8-20)12-22-15-23(16-22)13-18(2)14-23;1-17-3-7-19(8-4-17)15-21-11-13-22(14-12-21)16-20-9-5-18(2)6-10-20;9*1-2/h3*17-22H,3-16H2,1-2H3;17-22H,3-16H2,1-2H3;9*1-2H3. The normalized spacial score (nSPS) is 41.2. The van der Waals surface area contributed by atoms with Crippen LogP contribution in [0.15, 0.2) is 0 Å². The van der Waals surface area contributed by atoms with Gasteiger partial charge in [0.1, 0.15) is 0 Å². The van der Waals surface area contributed by atoms with Crippen molar-refractivity contribution in [3.63, 3.8) is 0 Å². The van der Waals surface area contributed by atoms with Crippen LogP contribution < -0.4 is 0 Å². The molecule has 0 amide bonds. The molecule has 0 radical (unpaired) electrons. The first kappa shape index (κ1) is 103. The minimum atomic E-state index is 0.874. The molecular formula is C109H214. The second-order valence-corrected chi connectivity index (χ2v) is 41.9. The molecule has 0 heterocycles. The van der Waals surface area contributed by atoms with Crippen LogP contribution in [0.2, 0.25) is 0 Å².